The van der Waals surface area contributed by atoms with Gasteiger partial charge in [0, 0.05) is 22.4 Å². The normalized spacial score (nSPS) is 18.2. The minimum absolute atomic E-state index is 0.00618. The molecule has 8 nitrogen and oxygen atoms in total. The number of fused-ring (bicyclic) bond motifs is 1. The van der Waals surface area contributed by atoms with E-state index in [1.54, 1.807) is 30.3 Å². The number of carbonyl (C=O) groups excluding carboxylic acids is 1. The van der Waals surface area contributed by atoms with Crippen LogP contribution >= 0.6 is 23.2 Å². The van der Waals surface area contributed by atoms with Crippen LogP contribution in [-0.4, -0.2) is 55.9 Å². The van der Waals surface area contributed by atoms with Gasteiger partial charge in [0.1, 0.15) is 5.75 Å². The molecule has 2 heterocycles. The third-order valence-corrected chi connectivity index (χ3v) is 7.19. The van der Waals surface area contributed by atoms with Gasteiger partial charge in [0.05, 0.1) is 36.2 Å². The fourth-order valence-electron chi connectivity index (χ4n) is 3.23. The first-order valence-electron chi connectivity index (χ1n) is 9.49. The van der Waals surface area contributed by atoms with E-state index in [0.29, 0.717) is 27.6 Å². The van der Waals surface area contributed by atoms with Crippen molar-refractivity contribution in [1.29, 1.82) is 0 Å². The molecule has 1 N–H and O–H groups in total. The molecule has 1 unspecified atom stereocenters. The lowest BCUT2D eigenvalue weighted by molar-refractivity contribution is 0.0976. The highest BCUT2D eigenvalue weighted by molar-refractivity contribution is 7.89. The van der Waals surface area contributed by atoms with Gasteiger partial charge in [-0.3, -0.25) is 14.4 Å². The molecule has 166 valence electrons. The summed E-state index contributed by atoms with van der Waals surface area (Å²) in [5, 5.41) is 2.35. The first-order valence-corrected chi connectivity index (χ1v) is 11.7. The zero-order chi connectivity index (χ0) is 22.9. The predicted molar refractivity (Wildman–Crippen MR) is 123 cm³/mol. The lowest BCUT2D eigenvalue weighted by atomic mass is 10.0. The molecule has 0 bridgehead atoms. The number of rotatable bonds is 4. The van der Waals surface area contributed by atoms with E-state index >= 15 is 0 Å². The number of guanidine groups is 1. The Morgan fingerprint density at radius 1 is 1.22 bits per heavy atom. The molecule has 0 spiro atoms. The summed E-state index contributed by atoms with van der Waals surface area (Å²) in [4.78, 5) is 21.1. The molecular weight excluding hydrogens is 475 g/mol. The summed E-state index contributed by atoms with van der Waals surface area (Å²) in [5.41, 5.74) is 1.41. The molecule has 0 radical (unpaired) electrons. The number of halogens is 2. The van der Waals surface area contributed by atoms with E-state index in [4.69, 9.17) is 27.9 Å². The Bertz CT molecular complexity index is 1260. The van der Waals surface area contributed by atoms with Crippen molar-refractivity contribution < 1.29 is 17.9 Å². The van der Waals surface area contributed by atoms with Crippen LogP contribution in [-0.2, 0) is 10.0 Å². The Morgan fingerprint density at radius 3 is 2.66 bits per heavy atom. The van der Waals surface area contributed by atoms with Crippen molar-refractivity contribution in [2.24, 2.45) is 9.98 Å². The Labute approximate surface area is 195 Å². The van der Waals surface area contributed by atoms with Gasteiger partial charge in [-0.1, -0.05) is 17.7 Å². The number of hydrogen-bond donors (Lipinski definition) is 1. The summed E-state index contributed by atoms with van der Waals surface area (Å²) in [6.45, 7) is 0.121. The average molecular weight is 493 g/mol. The van der Waals surface area contributed by atoms with Crippen molar-refractivity contribution in [2.45, 2.75) is 10.3 Å². The predicted octanol–water partition coefficient (Wildman–Crippen LogP) is 3.08. The highest BCUT2D eigenvalue weighted by Crippen LogP contribution is 2.27. The summed E-state index contributed by atoms with van der Waals surface area (Å²) in [5.74, 6) is 0.257. The van der Waals surface area contributed by atoms with Gasteiger partial charge < -0.3 is 4.74 Å². The van der Waals surface area contributed by atoms with Gasteiger partial charge in [0.2, 0.25) is 5.96 Å². The zero-order valence-electron chi connectivity index (χ0n) is 16.8. The lowest BCUT2D eigenvalue weighted by Gasteiger charge is -2.31. The molecule has 0 saturated carbocycles. The van der Waals surface area contributed by atoms with Gasteiger partial charge in [0.15, 0.2) is 0 Å². The van der Waals surface area contributed by atoms with Crippen LogP contribution in [0.5, 0.6) is 5.75 Å². The molecule has 11 heteroatoms. The van der Waals surface area contributed by atoms with Crippen molar-refractivity contribution in [3.8, 4) is 5.75 Å². The van der Waals surface area contributed by atoms with Crippen molar-refractivity contribution in [3.63, 3.8) is 0 Å². The number of alkyl halides is 1. The van der Waals surface area contributed by atoms with Gasteiger partial charge in [-0.25, -0.2) is 18.4 Å². The molecule has 2 aromatic carbocycles. The van der Waals surface area contributed by atoms with Crippen LogP contribution in [0, 0.1) is 0 Å². The average Bonchev–Trinajstić information content (AvgIpc) is 2.79. The molecular formula is C21H18Cl2N4O4S. The number of ether oxygens (including phenoxy) is 1. The molecule has 1 amide bonds. The van der Waals surface area contributed by atoms with E-state index in [-0.39, 0.29) is 23.9 Å². The van der Waals surface area contributed by atoms with Gasteiger partial charge in [-0.05, 0) is 42.5 Å². The minimum Gasteiger partial charge on any atom is -0.497 e. The third-order valence-electron chi connectivity index (χ3n) is 4.87. The highest BCUT2D eigenvalue weighted by Gasteiger charge is 2.34. The SMILES string of the molecule is COc1ccc(S(=O)(=O)N2C=C3CN=C(NC(=O)c4cccc(Cl)c4)N=C3C(Cl)C2)cc1. The van der Waals surface area contributed by atoms with Gasteiger partial charge in [-0.2, -0.15) is 0 Å². The van der Waals surface area contributed by atoms with Crippen LogP contribution in [0.2, 0.25) is 5.02 Å². The first-order chi connectivity index (χ1) is 15.3. The number of nitrogens with one attached hydrogen (secondary N) is 1. The number of benzene rings is 2. The highest BCUT2D eigenvalue weighted by atomic mass is 35.5. The smallest absolute Gasteiger partial charge is 0.263 e. The number of methoxy groups -OCH3 is 1. The Kier molecular flexibility index (Phi) is 6.23. The Morgan fingerprint density at radius 2 is 1.97 bits per heavy atom. The molecule has 4 rings (SSSR count). The molecule has 1 atom stereocenters. The van der Waals surface area contributed by atoms with Crippen LogP contribution in [0.25, 0.3) is 0 Å². The van der Waals surface area contributed by atoms with E-state index in [0.717, 1.165) is 0 Å². The molecule has 0 aromatic heterocycles. The second-order valence-electron chi connectivity index (χ2n) is 6.97. The second-order valence-corrected chi connectivity index (χ2v) is 9.83. The molecule has 32 heavy (non-hydrogen) atoms. The zero-order valence-corrected chi connectivity index (χ0v) is 19.2. The summed E-state index contributed by atoms with van der Waals surface area (Å²) in [6.07, 6.45) is 1.48. The van der Waals surface area contributed by atoms with E-state index in [1.807, 2.05) is 0 Å². The number of sulfonamides is 1. The van der Waals surface area contributed by atoms with Crippen molar-refractivity contribution in [1.82, 2.24) is 9.62 Å². The maximum atomic E-state index is 13.0. The number of hydrogen-bond acceptors (Lipinski definition) is 6. The standard InChI is InChI=1S/C21H18Cl2N4O4S/c1-31-16-5-7-17(8-6-16)32(29,30)27-11-14-10-24-21(25-19(14)18(23)12-27)26-20(28)13-3-2-4-15(22)9-13/h2-9,11,18H,10,12H2,1H3,(H,24,26,28). The third kappa shape index (κ3) is 4.50. The lowest BCUT2D eigenvalue weighted by Crippen LogP contribution is -2.43. The summed E-state index contributed by atoms with van der Waals surface area (Å²) in [7, 11) is -2.31. The van der Waals surface area contributed by atoms with Crippen molar-refractivity contribution >= 4 is 50.8 Å². The Balaban J connectivity index is 1.54. The van der Waals surface area contributed by atoms with Crippen molar-refractivity contribution in [2.75, 3.05) is 20.2 Å². The largest absolute Gasteiger partial charge is 0.497 e. The number of amides is 1. The summed E-state index contributed by atoms with van der Waals surface area (Å²) >= 11 is 12.4. The Hall–Kier alpha value is -2.88. The van der Waals surface area contributed by atoms with Crippen LogP contribution in [0.3, 0.4) is 0 Å². The second kappa shape index (κ2) is 8.93. The molecule has 0 saturated heterocycles. The molecule has 0 fully saturated rings. The number of nitrogens with zero attached hydrogens (tertiary/aromatic N) is 3. The quantitative estimate of drug-likeness (QED) is 0.662. The molecule has 0 aliphatic carbocycles. The van der Waals surface area contributed by atoms with Crippen molar-refractivity contribution in [3.05, 3.63) is 70.9 Å². The summed E-state index contributed by atoms with van der Waals surface area (Å²) < 4.78 is 32.3. The minimum atomic E-state index is -3.81. The van der Waals surface area contributed by atoms with Gasteiger partial charge in [0.25, 0.3) is 15.9 Å². The van der Waals surface area contributed by atoms with E-state index in [2.05, 4.69) is 15.3 Å². The van der Waals surface area contributed by atoms with Gasteiger partial charge in [-0.15, -0.1) is 11.6 Å². The first kappa shape index (κ1) is 22.3. The van der Waals surface area contributed by atoms with E-state index < -0.39 is 21.3 Å². The fourth-order valence-corrected chi connectivity index (χ4v) is 5.20. The van der Waals surface area contributed by atoms with Gasteiger partial charge >= 0.3 is 0 Å². The molecule has 2 aromatic rings. The molecule has 2 aliphatic rings. The number of carbonyl (C=O) groups is 1. The molecule has 2 aliphatic heterocycles. The van der Waals surface area contributed by atoms with E-state index in [1.165, 1.54) is 35.8 Å². The fraction of sp³-hybridized carbons (Fsp3) is 0.190. The van der Waals surface area contributed by atoms with Crippen LogP contribution < -0.4 is 10.1 Å². The van der Waals surface area contributed by atoms with E-state index in [9.17, 15) is 13.2 Å². The van der Waals surface area contributed by atoms with Crippen LogP contribution in [0.15, 0.2) is 75.2 Å². The maximum Gasteiger partial charge on any atom is 0.263 e. The van der Waals surface area contributed by atoms with Crippen LogP contribution in [0.1, 0.15) is 10.4 Å². The van der Waals surface area contributed by atoms with Crippen LogP contribution in [0.4, 0.5) is 0 Å². The summed E-state index contributed by atoms with van der Waals surface area (Å²) in [6, 6.07) is 12.6. The number of aliphatic imine (C=N–C) groups is 2. The monoisotopic (exact) mass is 492 g/mol. The topological polar surface area (TPSA) is 100 Å². The maximum absolute atomic E-state index is 13.0.